The zero-order chi connectivity index (χ0) is 19.3. The van der Waals surface area contributed by atoms with Crippen molar-refractivity contribution in [3.63, 3.8) is 0 Å². The molecule has 0 radical (unpaired) electrons. The van der Waals surface area contributed by atoms with Crippen LogP contribution in [0.25, 0.3) is 22.6 Å². The summed E-state index contributed by atoms with van der Waals surface area (Å²) in [5.74, 6) is 0.677. The van der Waals surface area contributed by atoms with Crippen molar-refractivity contribution in [3.05, 3.63) is 79.0 Å². The maximum atomic E-state index is 12.4. The number of nitrogens with zero attached hydrogens (tertiary/aromatic N) is 6. The second kappa shape index (κ2) is 7.87. The van der Waals surface area contributed by atoms with Gasteiger partial charge in [-0.05, 0) is 37.3 Å². The second-order valence-corrected chi connectivity index (χ2v) is 6.44. The normalized spacial score (nSPS) is 10.8. The fraction of sp³-hybridized carbons (Fsp3) is 0.143. The molecule has 4 aromatic rings. The molecule has 7 heteroatoms. The summed E-state index contributed by atoms with van der Waals surface area (Å²) in [6, 6.07) is 9.36. The van der Waals surface area contributed by atoms with Crippen LogP contribution in [-0.2, 0) is 17.8 Å². The SMILES string of the molecule is Cc1cc(-c2cn(CC(=O)Cc3ccc(-c4ncccn4)cn3)cn2)ccn1. The average Bonchev–Trinajstić information content (AvgIpc) is 3.17. The smallest absolute Gasteiger partial charge is 0.160 e. The number of pyridine rings is 2. The predicted octanol–water partition coefficient (Wildman–Crippen LogP) is 2.92. The Morgan fingerprint density at radius 2 is 1.82 bits per heavy atom. The lowest BCUT2D eigenvalue weighted by Gasteiger charge is -2.03. The molecule has 0 N–H and O–H groups in total. The fourth-order valence-electron chi connectivity index (χ4n) is 2.87. The molecule has 28 heavy (non-hydrogen) atoms. The van der Waals surface area contributed by atoms with Crippen LogP contribution in [0, 0.1) is 6.92 Å². The van der Waals surface area contributed by atoms with Gasteiger partial charge in [0.05, 0.1) is 25.0 Å². The third kappa shape index (κ3) is 4.15. The van der Waals surface area contributed by atoms with Gasteiger partial charge in [0.1, 0.15) is 0 Å². The number of rotatable bonds is 6. The van der Waals surface area contributed by atoms with Gasteiger partial charge in [0.25, 0.3) is 0 Å². The summed E-state index contributed by atoms with van der Waals surface area (Å²) in [4.78, 5) is 33.7. The number of aromatic nitrogens is 6. The summed E-state index contributed by atoms with van der Waals surface area (Å²) in [5, 5.41) is 0. The molecule has 0 spiro atoms. The minimum Gasteiger partial charge on any atom is -0.329 e. The van der Waals surface area contributed by atoms with Crippen LogP contribution < -0.4 is 0 Å². The van der Waals surface area contributed by atoms with E-state index in [0.717, 1.165) is 28.2 Å². The van der Waals surface area contributed by atoms with Crippen molar-refractivity contribution in [1.82, 2.24) is 29.5 Å². The molecule has 0 aliphatic carbocycles. The molecule has 0 aliphatic heterocycles. The summed E-state index contributed by atoms with van der Waals surface area (Å²) in [5.41, 5.74) is 4.28. The Kier molecular flexibility index (Phi) is 4.97. The average molecular weight is 370 g/mol. The van der Waals surface area contributed by atoms with Gasteiger partial charge >= 0.3 is 0 Å². The topological polar surface area (TPSA) is 86.5 Å². The van der Waals surface area contributed by atoms with Crippen molar-refractivity contribution in [3.8, 4) is 22.6 Å². The number of Topliss-reactive ketones (excluding diaryl/α,β-unsaturated/α-hetero) is 1. The van der Waals surface area contributed by atoms with E-state index < -0.39 is 0 Å². The first kappa shape index (κ1) is 17.7. The molecule has 138 valence electrons. The van der Waals surface area contributed by atoms with E-state index in [1.54, 1.807) is 41.7 Å². The third-order valence-corrected chi connectivity index (χ3v) is 4.21. The van der Waals surface area contributed by atoms with Crippen LogP contribution in [0.5, 0.6) is 0 Å². The van der Waals surface area contributed by atoms with Gasteiger partial charge in [-0.1, -0.05) is 0 Å². The van der Waals surface area contributed by atoms with E-state index in [0.29, 0.717) is 5.82 Å². The number of carbonyl (C=O) groups excluding carboxylic acids is 1. The van der Waals surface area contributed by atoms with Crippen molar-refractivity contribution in [2.75, 3.05) is 0 Å². The van der Waals surface area contributed by atoms with Crippen LogP contribution in [0.4, 0.5) is 0 Å². The molecule has 7 nitrogen and oxygen atoms in total. The van der Waals surface area contributed by atoms with E-state index in [1.165, 1.54) is 0 Å². The minimum atomic E-state index is 0.0612. The number of hydrogen-bond donors (Lipinski definition) is 0. The highest BCUT2D eigenvalue weighted by molar-refractivity contribution is 5.80. The van der Waals surface area contributed by atoms with Gasteiger partial charge in [-0.3, -0.25) is 14.8 Å². The second-order valence-electron chi connectivity index (χ2n) is 6.44. The van der Waals surface area contributed by atoms with E-state index in [9.17, 15) is 4.79 Å². The summed E-state index contributed by atoms with van der Waals surface area (Å²) >= 11 is 0. The van der Waals surface area contributed by atoms with Crippen molar-refractivity contribution < 1.29 is 4.79 Å². The third-order valence-electron chi connectivity index (χ3n) is 4.21. The Balaban J connectivity index is 1.39. The van der Waals surface area contributed by atoms with E-state index in [-0.39, 0.29) is 18.7 Å². The van der Waals surface area contributed by atoms with Crippen LogP contribution in [0.15, 0.2) is 67.6 Å². The molecule has 4 aromatic heterocycles. The maximum absolute atomic E-state index is 12.4. The predicted molar refractivity (Wildman–Crippen MR) is 104 cm³/mol. The van der Waals surface area contributed by atoms with Gasteiger partial charge in [0, 0.05) is 53.5 Å². The Morgan fingerprint density at radius 1 is 0.964 bits per heavy atom. The Morgan fingerprint density at radius 3 is 2.57 bits per heavy atom. The van der Waals surface area contributed by atoms with Gasteiger partial charge in [-0.15, -0.1) is 0 Å². The first-order valence-corrected chi connectivity index (χ1v) is 8.86. The zero-order valence-electron chi connectivity index (χ0n) is 15.4. The van der Waals surface area contributed by atoms with Gasteiger partial charge in [0.15, 0.2) is 11.6 Å². The number of imidazole rings is 1. The lowest BCUT2D eigenvalue weighted by molar-refractivity contribution is -0.119. The monoisotopic (exact) mass is 370 g/mol. The molecule has 0 atom stereocenters. The summed E-state index contributed by atoms with van der Waals surface area (Å²) in [6.45, 7) is 2.19. The Labute approximate surface area is 162 Å². The van der Waals surface area contributed by atoms with Crippen molar-refractivity contribution in [2.45, 2.75) is 19.9 Å². The van der Waals surface area contributed by atoms with Gasteiger partial charge in [-0.25, -0.2) is 15.0 Å². The van der Waals surface area contributed by atoms with Crippen LogP contribution in [-0.4, -0.2) is 35.3 Å². The molecule has 0 bridgehead atoms. The summed E-state index contributed by atoms with van der Waals surface area (Å²) < 4.78 is 1.79. The molecule has 4 heterocycles. The first-order valence-electron chi connectivity index (χ1n) is 8.86. The number of aryl methyl sites for hydroxylation is 1. The highest BCUT2D eigenvalue weighted by Crippen LogP contribution is 2.17. The lowest BCUT2D eigenvalue weighted by Crippen LogP contribution is -2.12. The standard InChI is InChI=1S/C21H18N6O/c1-15-9-16(5-8-22-15)20-13-27(14-26-20)12-19(28)10-18-4-3-17(11-25-18)21-23-6-2-7-24-21/h2-9,11,13-14H,10,12H2,1H3. The Bertz CT molecular complexity index is 1090. The van der Waals surface area contributed by atoms with Crippen LogP contribution in [0.1, 0.15) is 11.4 Å². The molecule has 0 aliphatic rings. The van der Waals surface area contributed by atoms with E-state index in [4.69, 9.17) is 0 Å². The van der Waals surface area contributed by atoms with Gasteiger partial charge in [-0.2, -0.15) is 0 Å². The molecule has 0 saturated carbocycles. The van der Waals surface area contributed by atoms with E-state index in [2.05, 4.69) is 24.9 Å². The molecular weight excluding hydrogens is 352 g/mol. The molecule has 0 unspecified atom stereocenters. The summed E-state index contributed by atoms with van der Waals surface area (Å²) in [6.07, 6.45) is 10.6. The fourth-order valence-corrected chi connectivity index (χ4v) is 2.87. The molecule has 0 fully saturated rings. The van der Waals surface area contributed by atoms with E-state index in [1.807, 2.05) is 37.4 Å². The number of ketones is 1. The highest BCUT2D eigenvalue weighted by atomic mass is 16.1. The number of carbonyl (C=O) groups is 1. The highest BCUT2D eigenvalue weighted by Gasteiger charge is 2.09. The van der Waals surface area contributed by atoms with Crippen molar-refractivity contribution >= 4 is 5.78 Å². The quantitative estimate of drug-likeness (QED) is 0.519. The van der Waals surface area contributed by atoms with Crippen molar-refractivity contribution in [2.24, 2.45) is 0 Å². The molecule has 0 amide bonds. The first-order chi connectivity index (χ1) is 13.7. The zero-order valence-corrected chi connectivity index (χ0v) is 15.4. The summed E-state index contributed by atoms with van der Waals surface area (Å²) in [7, 11) is 0. The van der Waals surface area contributed by atoms with Gasteiger partial charge in [0.2, 0.25) is 0 Å². The maximum Gasteiger partial charge on any atom is 0.160 e. The minimum absolute atomic E-state index is 0.0612. The number of hydrogen-bond acceptors (Lipinski definition) is 6. The molecule has 0 saturated heterocycles. The lowest BCUT2D eigenvalue weighted by atomic mass is 10.1. The largest absolute Gasteiger partial charge is 0.329 e. The van der Waals surface area contributed by atoms with Crippen LogP contribution in [0.2, 0.25) is 0 Å². The molecule has 4 rings (SSSR count). The Hall–Kier alpha value is -3.74. The van der Waals surface area contributed by atoms with Crippen molar-refractivity contribution in [1.29, 1.82) is 0 Å². The van der Waals surface area contributed by atoms with E-state index >= 15 is 0 Å². The van der Waals surface area contributed by atoms with Gasteiger partial charge < -0.3 is 4.57 Å². The molecule has 0 aromatic carbocycles. The van der Waals surface area contributed by atoms with Crippen LogP contribution in [0.3, 0.4) is 0 Å². The van der Waals surface area contributed by atoms with Crippen LogP contribution >= 0.6 is 0 Å². The molecular formula is C21H18N6O.